The third kappa shape index (κ3) is 8.01. The minimum Gasteiger partial charge on any atom is -0.481 e. The summed E-state index contributed by atoms with van der Waals surface area (Å²) in [6.45, 7) is -2.31. The third-order valence-electron chi connectivity index (χ3n) is 2.10. The standard InChI is InChI=1S/C10H15F3N2O4/c1-14(2)8(17)5-15(6-10(11,12)13)7(16)3-4-9(18)19/h3-6H2,1-2H3,(H,18,19). The van der Waals surface area contributed by atoms with Crippen molar-refractivity contribution in [2.45, 2.75) is 19.0 Å². The molecule has 0 radical (unpaired) electrons. The predicted molar refractivity (Wildman–Crippen MR) is 58.2 cm³/mol. The summed E-state index contributed by atoms with van der Waals surface area (Å²) in [5, 5.41) is 8.38. The SMILES string of the molecule is CN(C)C(=O)CN(CC(F)(F)F)C(=O)CCC(=O)O. The summed E-state index contributed by atoms with van der Waals surface area (Å²) in [6.07, 6.45) is -5.80. The fourth-order valence-corrected chi connectivity index (χ4v) is 1.13. The van der Waals surface area contributed by atoms with E-state index in [1.165, 1.54) is 14.1 Å². The molecule has 0 saturated carbocycles. The lowest BCUT2D eigenvalue weighted by Gasteiger charge is -2.24. The Bertz CT molecular complexity index is 355. The van der Waals surface area contributed by atoms with Crippen LogP contribution in [0.5, 0.6) is 0 Å². The lowest BCUT2D eigenvalue weighted by Crippen LogP contribution is -2.44. The quantitative estimate of drug-likeness (QED) is 0.762. The van der Waals surface area contributed by atoms with Crippen LogP contribution in [-0.2, 0) is 14.4 Å². The van der Waals surface area contributed by atoms with E-state index in [-0.39, 0.29) is 0 Å². The first-order chi connectivity index (χ1) is 8.53. The number of carboxylic acids is 1. The fourth-order valence-electron chi connectivity index (χ4n) is 1.13. The lowest BCUT2D eigenvalue weighted by atomic mass is 10.2. The summed E-state index contributed by atoms with van der Waals surface area (Å²) >= 11 is 0. The molecule has 0 rings (SSSR count). The highest BCUT2D eigenvalue weighted by atomic mass is 19.4. The van der Waals surface area contributed by atoms with Crippen molar-refractivity contribution in [3.63, 3.8) is 0 Å². The Hall–Kier alpha value is -1.80. The zero-order chi connectivity index (χ0) is 15.2. The van der Waals surface area contributed by atoms with Crippen LogP contribution in [0, 0.1) is 0 Å². The molecule has 110 valence electrons. The largest absolute Gasteiger partial charge is 0.481 e. The molecule has 0 spiro atoms. The molecule has 0 aromatic carbocycles. The van der Waals surface area contributed by atoms with Crippen LogP contribution in [0.25, 0.3) is 0 Å². The fraction of sp³-hybridized carbons (Fsp3) is 0.700. The van der Waals surface area contributed by atoms with E-state index >= 15 is 0 Å². The zero-order valence-corrected chi connectivity index (χ0v) is 10.5. The van der Waals surface area contributed by atoms with Gasteiger partial charge in [-0.25, -0.2) is 0 Å². The van der Waals surface area contributed by atoms with E-state index in [1.807, 2.05) is 0 Å². The van der Waals surface area contributed by atoms with Gasteiger partial charge < -0.3 is 14.9 Å². The summed E-state index contributed by atoms with van der Waals surface area (Å²) in [4.78, 5) is 34.4. The second-order valence-corrected chi connectivity index (χ2v) is 4.05. The van der Waals surface area contributed by atoms with Gasteiger partial charge in [-0.3, -0.25) is 14.4 Å². The zero-order valence-electron chi connectivity index (χ0n) is 10.5. The van der Waals surface area contributed by atoms with E-state index in [2.05, 4.69) is 0 Å². The van der Waals surface area contributed by atoms with Crippen molar-refractivity contribution in [3.8, 4) is 0 Å². The molecular formula is C10H15F3N2O4. The molecule has 0 bridgehead atoms. The van der Waals surface area contributed by atoms with Crippen molar-refractivity contribution >= 4 is 17.8 Å². The Morgan fingerprint density at radius 2 is 1.58 bits per heavy atom. The average molecular weight is 284 g/mol. The molecule has 0 saturated heterocycles. The minimum absolute atomic E-state index is 0.311. The molecule has 9 heteroatoms. The van der Waals surface area contributed by atoms with Crippen LogP contribution >= 0.6 is 0 Å². The van der Waals surface area contributed by atoms with Gasteiger partial charge in [0.15, 0.2) is 0 Å². The van der Waals surface area contributed by atoms with Crippen LogP contribution in [0.2, 0.25) is 0 Å². The smallest absolute Gasteiger partial charge is 0.406 e. The monoisotopic (exact) mass is 284 g/mol. The van der Waals surface area contributed by atoms with Gasteiger partial charge >= 0.3 is 12.1 Å². The number of halogens is 3. The highest BCUT2D eigenvalue weighted by Gasteiger charge is 2.34. The van der Waals surface area contributed by atoms with Crippen LogP contribution in [-0.4, -0.2) is 66.1 Å². The minimum atomic E-state index is -4.65. The van der Waals surface area contributed by atoms with Gasteiger partial charge in [0.25, 0.3) is 0 Å². The number of carbonyl (C=O) groups excluding carboxylic acids is 2. The Morgan fingerprint density at radius 1 is 1.05 bits per heavy atom. The van der Waals surface area contributed by atoms with Crippen molar-refractivity contribution in [2.24, 2.45) is 0 Å². The summed E-state index contributed by atoms with van der Waals surface area (Å²) in [7, 11) is 2.69. The Labute approximate surface area is 107 Å². The molecule has 0 aliphatic heterocycles. The topological polar surface area (TPSA) is 77.9 Å². The van der Waals surface area contributed by atoms with E-state index in [1.54, 1.807) is 0 Å². The van der Waals surface area contributed by atoms with E-state index in [0.717, 1.165) is 4.90 Å². The number of aliphatic carboxylic acids is 1. The van der Waals surface area contributed by atoms with Crippen molar-refractivity contribution in [1.82, 2.24) is 9.80 Å². The molecule has 19 heavy (non-hydrogen) atoms. The van der Waals surface area contributed by atoms with Crippen LogP contribution < -0.4 is 0 Å². The molecule has 0 aromatic heterocycles. The second kappa shape index (κ2) is 6.95. The maximum Gasteiger partial charge on any atom is 0.406 e. The molecule has 1 N–H and O–H groups in total. The Balaban J connectivity index is 4.70. The molecule has 0 heterocycles. The lowest BCUT2D eigenvalue weighted by molar-refractivity contribution is -0.164. The molecule has 0 aliphatic carbocycles. The van der Waals surface area contributed by atoms with Crippen molar-refractivity contribution in [1.29, 1.82) is 0 Å². The number of hydrogen-bond donors (Lipinski definition) is 1. The maximum absolute atomic E-state index is 12.3. The van der Waals surface area contributed by atoms with Crippen molar-refractivity contribution in [3.05, 3.63) is 0 Å². The van der Waals surface area contributed by atoms with Gasteiger partial charge in [0.1, 0.15) is 13.1 Å². The van der Waals surface area contributed by atoms with E-state index in [0.29, 0.717) is 4.90 Å². The molecule has 2 amide bonds. The third-order valence-corrected chi connectivity index (χ3v) is 2.10. The molecule has 0 fully saturated rings. The highest BCUT2D eigenvalue weighted by molar-refractivity contribution is 5.86. The summed E-state index contributed by atoms with van der Waals surface area (Å²) in [5.41, 5.74) is 0. The molecule has 6 nitrogen and oxygen atoms in total. The number of carbonyl (C=O) groups is 3. The average Bonchev–Trinajstić information content (AvgIpc) is 2.22. The number of alkyl halides is 3. The van der Waals surface area contributed by atoms with Gasteiger partial charge in [0, 0.05) is 20.5 Å². The summed E-state index contributed by atoms with van der Waals surface area (Å²) in [6, 6.07) is 0. The van der Waals surface area contributed by atoms with Gasteiger partial charge in [-0.2, -0.15) is 13.2 Å². The van der Waals surface area contributed by atoms with Gasteiger partial charge in [-0.1, -0.05) is 0 Å². The van der Waals surface area contributed by atoms with Crippen molar-refractivity contribution in [2.75, 3.05) is 27.2 Å². The number of nitrogens with zero attached hydrogens (tertiary/aromatic N) is 2. The number of rotatable bonds is 6. The Morgan fingerprint density at radius 3 is 1.95 bits per heavy atom. The van der Waals surface area contributed by atoms with Crippen molar-refractivity contribution < 1.29 is 32.7 Å². The summed E-state index contributed by atoms with van der Waals surface area (Å²) in [5.74, 6) is -2.98. The first-order valence-corrected chi connectivity index (χ1v) is 5.29. The van der Waals surface area contributed by atoms with Crippen LogP contribution in [0.15, 0.2) is 0 Å². The Kier molecular flexibility index (Phi) is 6.30. The normalized spacial score (nSPS) is 11.0. The number of amides is 2. The predicted octanol–water partition coefficient (Wildman–Crippen LogP) is 0.330. The van der Waals surface area contributed by atoms with Gasteiger partial charge in [0.2, 0.25) is 11.8 Å². The van der Waals surface area contributed by atoms with Crippen LogP contribution in [0.1, 0.15) is 12.8 Å². The molecular weight excluding hydrogens is 269 g/mol. The molecule has 0 aliphatic rings. The van der Waals surface area contributed by atoms with E-state index < -0.39 is 49.9 Å². The molecule has 0 unspecified atom stereocenters. The first-order valence-electron chi connectivity index (χ1n) is 5.29. The first kappa shape index (κ1) is 17.2. The van der Waals surface area contributed by atoms with Gasteiger partial charge in [0.05, 0.1) is 6.42 Å². The van der Waals surface area contributed by atoms with E-state index in [9.17, 15) is 27.6 Å². The van der Waals surface area contributed by atoms with E-state index in [4.69, 9.17) is 5.11 Å². The molecule has 0 atom stereocenters. The number of likely N-dealkylation sites (N-methyl/N-ethyl adjacent to an activating group) is 1. The second-order valence-electron chi connectivity index (χ2n) is 4.05. The van der Waals surface area contributed by atoms with Gasteiger partial charge in [-0.15, -0.1) is 0 Å². The summed E-state index contributed by atoms with van der Waals surface area (Å²) < 4.78 is 36.8. The highest BCUT2D eigenvalue weighted by Crippen LogP contribution is 2.17. The van der Waals surface area contributed by atoms with Crippen LogP contribution in [0.4, 0.5) is 13.2 Å². The maximum atomic E-state index is 12.3. The van der Waals surface area contributed by atoms with Gasteiger partial charge in [-0.05, 0) is 0 Å². The number of hydrogen-bond acceptors (Lipinski definition) is 3. The number of carboxylic acid groups (broad SMARTS) is 1. The van der Waals surface area contributed by atoms with Crippen LogP contribution in [0.3, 0.4) is 0 Å². The molecule has 0 aromatic rings.